The first kappa shape index (κ1) is 13.4. The van der Waals surface area contributed by atoms with Crippen molar-refractivity contribution in [2.45, 2.75) is 46.0 Å². The van der Waals surface area contributed by atoms with Crippen molar-refractivity contribution < 1.29 is 9.90 Å². The van der Waals surface area contributed by atoms with Gasteiger partial charge in [0.2, 0.25) is 5.91 Å². The lowest BCUT2D eigenvalue weighted by atomic mass is 9.98. The molecule has 0 aromatic heterocycles. The molecule has 84 valence electrons. The molecular weight excluding hydrogens is 178 g/mol. The molecule has 0 radical (unpaired) electrons. The number of rotatable bonds is 8. The summed E-state index contributed by atoms with van der Waals surface area (Å²) < 4.78 is 0. The van der Waals surface area contributed by atoms with Crippen LogP contribution in [-0.4, -0.2) is 24.2 Å². The summed E-state index contributed by atoms with van der Waals surface area (Å²) in [5.41, 5.74) is 0. The first-order valence-corrected chi connectivity index (χ1v) is 5.64. The van der Waals surface area contributed by atoms with E-state index in [2.05, 4.69) is 12.2 Å². The number of nitrogens with one attached hydrogen (secondary N) is 1. The van der Waals surface area contributed by atoms with Crippen molar-refractivity contribution in [1.29, 1.82) is 0 Å². The molecule has 2 N–H and O–H groups in total. The Morgan fingerprint density at radius 1 is 1.36 bits per heavy atom. The Balaban J connectivity index is 3.69. The van der Waals surface area contributed by atoms with E-state index >= 15 is 0 Å². The maximum Gasteiger partial charge on any atom is 0.223 e. The summed E-state index contributed by atoms with van der Waals surface area (Å²) in [4.78, 5) is 11.5. The summed E-state index contributed by atoms with van der Waals surface area (Å²) in [6.45, 7) is 4.60. The van der Waals surface area contributed by atoms with E-state index in [9.17, 15) is 4.79 Å². The van der Waals surface area contributed by atoms with E-state index < -0.39 is 0 Å². The Morgan fingerprint density at radius 3 is 2.57 bits per heavy atom. The summed E-state index contributed by atoms with van der Waals surface area (Å²) in [6, 6.07) is 0. The van der Waals surface area contributed by atoms with Gasteiger partial charge in [0, 0.05) is 12.5 Å². The van der Waals surface area contributed by atoms with Gasteiger partial charge in [0.1, 0.15) is 0 Å². The van der Waals surface area contributed by atoms with Gasteiger partial charge in [0.25, 0.3) is 0 Å². The van der Waals surface area contributed by atoms with Crippen LogP contribution in [0.25, 0.3) is 0 Å². The van der Waals surface area contributed by atoms with Gasteiger partial charge in [-0.2, -0.15) is 0 Å². The summed E-state index contributed by atoms with van der Waals surface area (Å²) in [6.07, 6.45) is 5.38. The van der Waals surface area contributed by atoms with Crippen molar-refractivity contribution in [2.75, 3.05) is 13.2 Å². The fraction of sp³-hybridized carbons (Fsp3) is 0.909. The lowest BCUT2D eigenvalue weighted by Gasteiger charge is -2.13. The van der Waals surface area contributed by atoms with Crippen LogP contribution in [0.1, 0.15) is 46.0 Å². The number of amides is 1. The van der Waals surface area contributed by atoms with Crippen LogP contribution in [0, 0.1) is 5.92 Å². The van der Waals surface area contributed by atoms with E-state index in [1.54, 1.807) is 0 Å². The molecule has 0 aliphatic carbocycles. The van der Waals surface area contributed by atoms with E-state index in [0.29, 0.717) is 6.54 Å². The predicted molar refractivity (Wildman–Crippen MR) is 58.0 cm³/mol. The van der Waals surface area contributed by atoms with Crippen LogP contribution in [0.2, 0.25) is 0 Å². The van der Waals surface area contributed by atoms with Crippen LogP contribution in [0.15, 0.2) is 0 Å². The monoisotopic (exact) mass is 201 g/mol. The number of carbonyl (C=O) groups excluding carboxylic acids is 1. The highest BCUT2D eigenvalue weighted by Gasteiger charge is 2.14. The molecule has 0 aromatic rings. The molecule has 0 fully saturated rings. The topological polar surface area (TPSA) is 49.3 Å². The van der Waals surface area contributed by atoms with Crippen LogP contribution in [0.5, 0.6) is 0 Å². The number of hydrogen-bond donors (Lipinski definition) is 2. The molecule has 0 aromatic carbocycles. The maximum absolute atomic E-state index is 11.5. The number of hydrogen-bond acceptors (Lipinski definition) is 2. The molecule has 3 nitrogen and oxygen atoms in total. The smallest absolute Gasteiger partial charge is 0.223 e. The molecule has 0 rings (SSSR count). The second kappa shape index (κ2) is 9.00. The van der Waals surface area contributed by atoms with Crippen molar-refractivity contribution in [3.05, 3.63) is 0 Å². The molecule has 0 aliphatic rings. The van der Waals surface area contributed by atoms with Crippen molar-refractivity contribution in [3.8, 4) is 0 Å². The van der Waals surface area contributed by atoms with E-state index in [-0.39, 0.29) is 18.4 Å². The first-order chi connectivity index (χ1) is 6.76. The van der Waals surface area contributed by atoms with Crippen molar-refractivity contribution in [2.24, 2.45) is 5.92 Å². The fourth-order valence-electron chi connectivity index (χ4n) is 1.48. The SMILES string of the molecule is CCCCCC(CC)C(=O)NCCO. The van der Waals surface area contributed by atoms with Gasteiger partial charge in [0.05, 0.1) is 6.61 Å². The van der Waals surface area contributed by atoms with Gasteiger partial charge in [-0.05, 0) is 12.8 Å². The summed E-state index contributed by atoms with van der Waals surface area (Å²) in [7, 11) is 0. The number of aliphatic hydroxyl groups is 1. The predicted octanol–water partition coefficient (Wildman–Crippen LogP) is 1.70. The average molecular weight is 201 g/mol. The summed E-state index contributed by atoms with van der Waals surface area (Å²) >= 11 is 0. The molecule has 14 heavy (non-hydrogen) atoms. The maximum atomic E-state index is 11.5. The number of aliphatic hydroxyl groups excluding tert-OH is 1. The highest BCUT2D eigenvalue weighted by molar-refractivity contribution is 5.78. The zero-order chi connectivity index (χ0) is 10.8. The molecular formula is C11H23NO2. The largest absolute Gasteiger partial charge is 0.395 e. The van der Waals surface area contributed by atoms with E-state index in [0.717, 1.165) is 19.3 Å². The van der Waals surface area contributed by atoms with Crippen LogP contribution in [0.4, 0.5) is 0 Å². The Kier molecular flexibility index (Phi) is 8.64. The Hall–Kier alpha value is -0.570. The molecule has 1 unspecified atom stereocenters. The van der Waals surface area contributed by atoms with Gasteiger partial charge in [-0.1, -0.05) is 33.1 Å². The van der Waals surface area contributed by atoms with Gasteiger partial charge in [-0.3, -0.25) is 4.79 Å². The van der Waals surface area contributed by atoms with Crippen molar-refractivity contribution in [3.63, 3.8) is 0 Å². The minimum atomic E-state index is 0.0249. The zero-order valence-electron chi connectivity index (χ0n) is 9.38. The summed E-state index contributed by atoms with van der Waals surface area (Å²) in [5.74, 6) is 0.228. The Bertz CT molecular complexity index is 148. The van der Waals surface area contributed by atoms with Crippen molar-refractivity contribution in [1.82, 2.24) is 5.32 Å². The molecule has 3 heteroatoms. The molecule has 0 bridgehead atoms. The highest BCUT2D eigenvalue weighted by Crippen LogP contribution is 2.13. The fourth-order valence-corrected chi connectivity index (χ4v) is 1.48. The summed E-state index contributed by atoms with van der Waals surface area (Å²) in [5, 5.41) is 11.3. The third-order valence-electron chi connectivity index (χ3n) is 2.43. The first-order valence-electron chi connectivity index (χ1n) is 5.64. The van der Waals surface area contributed by atoms with Gasteiger partial charge in [0.15, 0.2) is 0 Å². The van der Waals surface area contributed by atoms with Gasteiger partial charge in [-0.15, -0.1) is 0 Å². The minimum absolute atomic E-state index is 0.0249. The average Bonchev–Trinajstić information content (AvgIpc) is 2.21. The van der Waals surface area contributed by atoms with Gasteiger partial charge >= 0.3 is 0 Å². The molecule has 0 saturated heterocycles. The highest BCUT2D eigenvalue weighted by atomic mass is 16.3. The number of unbranched alkanes of at least 4 members (excludes halogenated alkanes) is 2. The van der Waals surface area contributed by atoms with Gasteiger partial charge < -0.3 is 10.4 Å². The lowest BCUT2D eigenvalue weighted by molar-refractivity contribution is -0.125. The standard InChI is InChI=1S/C11H23NO2/c1-3-5-6-7-10(4-2)11(14)12-8-9-13/h10,13H,3-9H2,1-2H3,(H,12,14). The van der Waals surface area contributed by atoms with Gasteiger partial charge in [-0.25, -0.2) is 0 Å². The second-order valence-corrected chi connectivity index (χ2v) is 3.62. The lowest BCUT2D eigenvalue weighted by Crippen LogP contribution is -2.32. The normalized spacial score (nSPS) is 12.5. The molecule has 0 aliphatic heterocycles. The van der Waals surface area contributed by atoms with Crippen LogP contribution in [0.3, 0.4) is 0 Å². The third kappa shape index (κ3) is 5.97. The number of carbonyl (C=O) groups is 1. The van der Waals surface area contributed by atoms with E-state index in [4.69, 9.17) is 5.11 Å². The second-order valence-electron chi connectivity index (χ2n) is 3.62. The van der Waals surface area contributed by atoms with E-state index in [1.165, 1.54) is 12.8 Å². The van der Waals surface area contributed by atoms with Crippen LogP contribution in [-0.2, 0) is 4.79 Å². The van der Waals surface area contributed by atoms with Crippen molar-refractivity contribution >= 4 is 5.91 Å². The third-order valence-corrected chi connectivity index (χ3v) is 2.43. The molecule has 1 amide bonds. The Labute approximate surface area is 86.9 Å². The minimum Gasteiger partial charge on any atom is -0.395 e. The molecule has 0 heterocycles. The Morgan fingerprint density at radius 2 is 2.07 bits per heavy atom. The quantitative estimate of drug-likeness (QED) is 0.587. The molecule has 0 spiro atoms. The molecule has 0 saturated carbocycles. The van der Waals surface area contributed by atoms with E-state index in [1.807, 2.05) is 6.92 Å². The molecule has 1 atom stereocenters. The zero-order valence-corrected chi connectivity index (χ0v) is 9.38. The van der Waals surface area contributed by atoms with Crippen LogP contribution < -0.4 is 5.32 Å². The van der Waals surface area contributed by atoms with Crippen LogP contribution >= 0.6 is 0 Å².